The van der Waals surface area contributed by atoms with Crippen LogP contribution in [0.3, 0.4) is 0 Å². The van der Waals surface area contributed by atoms with E-state index in [1.807, 2.05) is 6.92 Å². The lowest BCUT2D eigenvalue weighted by Gasteiger charge is -2.03. The van der Waals surface area contributed by atoms with Gasteiger partial charge in [-0.2, -0.15) is 4.98 Å². The van der Waals surface area contributed by atoms with Gasteiger partial charge in [-0.05, 0) is 31.2 Å². The SMILES string of the molecule is Cc1ccn2nc(COC(=O)c3ccc(O)c(O)c3)nc2n1. The molecular weight excluding hydrogens is 288 g/mol. The van der Waals surface area contributed by atoms with Crippen LogP contribution in [0.2, 0.25) is 0 Å². The number of fused-ring (bicyclic) bond motifs is 1. The summed E-state index contributed by atoms with van der Waals surface area (Å²) in [4.78, 5) is 20.2. The Labute approximate surface area is 124 Å². The van der Waals surface area contributed by atoms with Gasteiger partial charge in [-0.25, -0.2) is 14.3 Å². The van der Waals surface area contributed by atoms with E-state index in [1.54, 1.807) is 12.3 Å². The zero-order valence-electron chi connectivity index (χ0n) is 11.6. The summed E-state index contributed by atoms with van der Waals surface area (Å²) in [5, 5.41) is 22.7. The zero-order valence-corrected chi connectivity index (χ0v) is 11.6. The number of rotatable bonds is 3. The van der Waals surface area contributed by atoms with Crippen molar-refractivity contribution in [2.75, 3.05) is 0 Å². The molecule has 0 saturated heterocycles. The lowest BCUT2D eigenvalue weighted by Crippen LogP contribution is -2.06. The molecule has 112 valence electrons. The largest absolute Gasteiger partial charge is 0.504 e. The number of esters is 1. The number of aromatic hydroxyl groups is 2. The van der Waals surface area contributed by atoms with Crippen molar-refractivity contribution in [3.05, 3.63) is 47.5 Å². The van der Waals surface area contributed by atoms with Crippen LogP contribution in [0.15, 0.2) is 30.5 Å². The number of ether oxygens (including phenoxy) is 1. The molecule has 0 aliphatic carbocycles. The molecular formula is C14H12N4O4. The number of benzene rings is 1. The van der Waals surface area contributed by atoms with Gasteiger partial charge in [0.1, 0.15) is 0 Å². The van der Waals surface area contributed by atoms with Crippen LogP contribution in [0.4, 0.5) is 0 Å². The summed E-state index contributed by atoms with van der Waals surface area (Å²) < 4.78 is 6.56. The molecule has 0 unspecified atom stereocenters. The summed E-state index contributed by atoms with van der Waals surface area (Å²) in [5.41, 5.74) is 0.927. The summed E-state index contributed by atoms with van der Waals surface area (Å²) in [6, 6.07) is 5.47. The number of nitrogens with zero attached hydrogens (tertiary/aromatic N) is 4. The van der Waals surface area contributed by atoms with E-state index in [0.717, 1.165) is 11.8 Å². The van der Waals surface area contributed by atoms with Gasteiger partial charge in [0.15, 0.2) is 23.9 Å². The summed E-state index contributed by atoms with van der Waals surface area (Å²) in [6.07, 6.45) is 1.72. The fourth-order valence-corrected chi connectivity index (χ4v) is 1.83. The van der Waals surface area contributed by atoms with E-state index >= 15 is 0 Å². The van der Waals surface area contributed by atoms with Gasteiger partial charge in [0.05, 0.1) is 5.56 Å². The highest BCUT2D eigenvalue weighted by atomic mass is 16.5. The highest BCUT2D eigenvalue weighted by Crippen LogP contribution is 2.25. The van der Waals surface area contributed by atoms with Crippen molar-refractivity contribution >= 4 is 11.7 Å². The minimum absolute atomic E-state index is 0.119. The molecule has 0 aliphatic heterocycles. The second kappa shape index (κ2) is 5.32. The molecule has 22 heavy (non-hydrogen) atoms. The van der Waals surface area contributed by atoms with Crippen molar-refractivity contribution in [1.82, 2.24) is 19.6 Å². The first kappa shape index (κ1) is 13.8. The number of hydrogen-bond acceptors (Lipinski definition) is 7. The summed E-state index contributed by atoms with van der Waals surface area (Å²) in [5.74, 6) is -0.610. The average molecular weight is 300 g/mol. The van der Waals surface area contributed by atoms with Crippen LogP contribution < -0.4 is 0 Å². The number of carbonyl (C=O) groups excluding carboxylic acids is 1. The molecule has 2 heterocycles. The summed E-state index contributed by atoms with van der Waals surface area (Å²) in [7, 11) is 0. The second-order valence-corrected chi connectivity index (χ2v) is 4.62. The first-order valence-electron chi connectivity index (χ1n) is 6.41. The highest BCUT2D eigenvalue weighted by Gasteiger charge is 2.12. The molecule has 0 saturated carbocycles. The van der Waals surface area contributed by atoms with Crippen LogP contribution in [0.5, 0.6) is 11.5 Å². The Bertz CT molecular complexity index is 859. The minimum atomic E-state index is -0.654. The molecule has 8 nitrogen and oxygen atoms in total. The van der Waals surface area contributed by atoms with Gasteiger partial charge in [0.2, 0.25) is 0 Å². The Kier molecular flexibility index (Phi) is 3.34. The Morgan fingerprint density at radius 1 is 1.23 bits per heavy atom. The Hall–Kier alpha value is -3.16. The number of aromatic nitrogens is 4. The molecule has 1 aromatic carbocycles. The number of aryl methyl sites for hydroxylation is 1. The van der Waals surface area contributed by atoms with Crippen molar-refractivity contribution in [2.24, 2.45) is 0 Å². The van der Waals surface area contributed by atoms with E-state index in [1.165, 1.54) is 16.6 Å². The smallest absolute Gasteiger partial charge is 0.338 e. The molecule has 0 bridgehead atoms. The second-order valence-electron chi connectivity index (χ2n) is 4.62. The molecule has 2 N–H and O–H groups in total. The van der Waals surface area contributed by atoms with Crippen LogP contribution in [-0.4, -0.2) is 35.8 Å². The van der Waals surface area contributed by atoms with E-state index in [4.69, 9.17) is 4.74 Å². The average Bonchev–Trinajstić information content (AvgIpc) is 2.89. The van der Waals surface area contributed by atoms with E-state index in [2.05, 4.69) is 15.1 Å². The fraction of sp³-hybridized carbons (Fsp3) is 0.143. The highest BCUT2D eigenvalue weighted by molar-refractivity contribution is 5.90. The van der Waals surface area contributed by atoms with Crippen molar-refractivity contribution in [3.8, 4) is 11.5 Å². The van der Waals surface area contributed by atoms with E-state index in [-0.39, 0.29) is 23.7 Å². The molecule has 0 fully saturated rings. The van der Waals surface area contributed by atoms with Gasteiger partial charge in [0, 0.05) is 11.9 Å². The number of carbonyl (C=O) groups is 1. The predicted molar refractivity (Wildman–Crippen MR) is 74.4 cm³/mol. The number of phenolic OH excluding ortho intramolecular Hbond substituents is 2. The third-order valence-electron chi connectivity index (χ3n) is 2.93. The van der Waals surface area contributed by atoms with Crippen LogP contribution in [0.25, 0.3) is 5.78 Å². The molecule has 3 aromatic rings. The van der Waals surface area contributed by atoms with Gasteiger partial charge in [-0.1, -0.05) is 0 Å². The van der Waals surface area contributed by atoms with Crippen molar-refractivity contribution in [1.29, 1.82) is 0 Å². The van der Waals surface area contributed by atoms with Crippen LogP contribution in [0, 0.1) is 6.92 Å². The van der Waals surface area contributed by atoms with Crippen LogP contribution in [-0.2, 0) is 11.3 Å². The topological polar surface area (TPSA) is 110 Å². The normalized spacial score (nSPS) is 10.8. The fourth-order valence-electron chi connectivity index (χ4n) is 1.83. The first-order chi connectivity index (χ1) is 10.5. The molecule has 0 aliphatic rings. The molecule has 0 radical (unpaired) electrons. The van der Waals surface area contributed by atoms with Crippen molar-refractivity contribution in [3.63, 3.8) is 0 Å². The lowest BCUT2D eigenvalue weighted by atomic mass is 10.2. The zero-order chi connectivity index (χ0) is 15.7. The Morgan fingerprint density at radius 2 is 2.05 bits per heavy atom. The number of phenols is 2. The molecule has 0 amide bonds. The van der Waals surface area contributed by atoms with Gasteiger partial charge in [0.25, 0.3) is 5.78 Å². The van der Waals surface area contributed by atoms with E-state index in [9.17, 15) is 15.0 Å². The molecule has 2 aromatic heterocycles. The van der Waals surface area contributed by atoms with Gasteiger partial charge >= 0.3 is 5.97 Å². The van der Waals surface area contributed by atoms with Crippen LogP contribution in [0.1, 0.15) is 21.9 Å². The molecule has 8 heteroatoms. The Balaban J connectivity index is 1.72. The summed E-state index contributed by atoms with van der Waals surface area (Å²) >= 11 is 0. The maximum atomic E-state index is 11.9. The monoisotopic (exact) mass is 300 g/mol. The van der Waals surface area contributed by atoms with Crippen molar-refractivity contribution < 1.29 is 19.7 Å². The van der Waals surface area contributed by atoms with Gasteiger partial charge in [-0.3, -0.25) is 0 Å². The minimum Gasteiger partial charge on any atom is -0.504 e. The standard InChI is InChI=1S/C14H12N4O4/c1-8-4-5-18-14(15-8)16-12(17-18)7-22-13(21)9-2-3-10(19)11(20)6-9/h2-6,19-20H,7H2,1H3. The Morgan fingerprint density at radius 3 is 2.82 bits per heavy atom. The first-order valence-corrected chi connectivity index (χ1v) is 6.41. The maximum absolute atomic E-state index is 11.9. The van der Waals surface area contributed by atoms with E-state index in [0.29, 0.717) is 11.6 Å². The van der Waals surface area contributed by atoms with Crippen molar-refractivity contribution in [2.45, 2.75) is 13.5 Å². The van der Waals surface area contributed by atoms with Gasteiger partial charge < -0.3 is 14.9 Å². The molecule has 3 rings (SSSR count). The van der Waals surface area contributed by atoms with Gasteiger partial charge in [-0.15, -0.1) is 5.10 Å². The summed E-state index contributed by atoms with van der Waals surface area (Å²) in [6.45, 7) is 1.72. The number of hydrogen-bond donors (Lipinski definition) is 2. The lowest BCUT2D eigenvalue weighted by molar-refractivity contribution is 0.0462. The molecule has 0 spiro atoms. The molecule has 0 atom stereocenters. The van der Waals surface area contributed by atoms with Crippen LogP contribution >= 0.6 is 0 Å². The third kappa shape index (κ3) is 2.66. The third-order valence-corrected chi connectivity index (χ3v) is 2.93. The predicted octanol–water partition coefficient (Wildman–Crippen LogP) is 1.20. The van der Waals surface area contributed by atoms with E-state index < -0.39 is 5.97 Å². The maximum Gasteiger partial charge on any atom is 0.338 e. The quantitative estimate of drug-likeness (QED) is 0.552.